The monoisotopic (exact) mass is 337 g/mol. The number of nitrogens with zero attached hydrogens (tertiary/aromatic N) is 1. The molecule has 0 radical (unpaired) electrons. The summed E-state index contributed by atoms with van der Waals surface area (Å²) in [6.45, 7) is 0. The molecule has 2 aromatic rings. The average molecular weight is 337 g/mol. The molecule has 0 bridgehead atoms. The number of benzene rings is 1. The molecular formula is C17H14F3NO3. The van der Waals surface area contributed by atoms with Crippen molar-refractivity contribution >= 4 is 5.97 Å². The van der Waals surface area contributed by atoms with Gasteiger partial charge in [0.2, 0.25) is 5.88 Å². The van der Waals surface area contributed by atoms with E-state index in [1.807, 2.05) is 0 Å². The SMILES string of the molecule is COC(=O)c1cc(F)c(C(F)(F)C2CC2)nc1Oc1ccccc1. The molecule has 1 fully saturated rings. The van der Waals surface area contributed by atoms with Crippen LogP contribution >= 0.6 is 0 Å². The molecule has 1 aromatic heterocycles. The maximum absolute atomic E-state index is 14.3. The van der Waals surface area contributed by atoms with Gasteiger partial charge in [-0.3, -0.25) is 0 Å². The number of aromatic nitrogens is 1. The molecule has 1 aromatic carbocycles. The van der Waals surface area contributed by atoms with Crippen molar-refractivity contribution in [2.75, 3.05) is 7.11 Å². The van der Waals surface area contributed by atoms with Gasteiger partial charge in [0, 0.05) is 5.92 Å². The second-order valence-corrected chi connectivity index (χ2v) is 5.48. The number of para-hydroxylation sites is 1. The molecule has 4 nitrogen and oxygen atoms in total. The Balaban J connectivity index is 2.07. The lowest BCUT2D eigenvalue weighted by atomic mass is 10.1. The van der Waals surface area contributed by atoms with Crippen LogP contribution in [0.4, 0.5) is 13.2 Å². The number of carbonyl (C=O) groups is 1. The molecule has 1 aliphatic carbocycles. The number of rotatable bonds is 5. The van der Waals surface area contributed by atoms with Crippen molar-refractivity contribution < 1.29 is 27.4 Å². The first-order chi connectivity index (χ1) is 11.4. The Kier molecular flexibility index (Phi) is 4.17. The molecule has 0 atom stereocenters. The summed E-state index contributed by atoms with van der Waals surface area (Å²) in [6.07, 6.45) is 0.615. The molecule has 1 aliphatic rings. The number of esters is 1. The van der Waals surface area contributed by atoms with Crippen LogP contribution in [-0.2, 0) is 10.7 Å². The van der Waals surface area contributed by atoms with Crippen molar-refractivity contribution in [1.29, 1.82) is 0 Å². The van der Waals surface area contributed by atoms with Crippen molar-refractivity contribution in [2.24, 2.45) is 5.92 Å². The summed E-state index contributed by atoms with van der Waals surface area (Å²) < 4.78 is 52.6. The second-order valence-electron chi connectivity index (χ2n) is 5.48. The van der Waals surface area contributed by atoms with Crippen LogP contribution in [0.3, 0.4) is 0 Å². The van der Waals surface area contributed by atoms with Gasteiger partial charge in [-0.05, 0) is 31.0 Å². The van der Waals surface area contributed by atoms with Crippen molar-refractivity contribution in [3.63, 3.8) is 0 Å². The molecule has 0 spiro atoms. The summed E-state index contributed by atoms with van der Waals surface area (Å²) in [6, 6.07) is 8.87. The van der Waals surface area contributed by atoms with E-state index in [2.05, 4.69) is 9.72 Å². The van der Waals surface area contributed by atoms with Gasteiger partial charge in [0.05, 0.1) is 7.11 Å². The molecule has 0 saturated heterocycles. The van der Waals surface area contributed by atoms with Gasteiger partial charge in [-0.1, -0.05) is 18.2 Å². The van der Waals surface area contributed by atoms with Crippen LogP contribution in [-0.4, -0.2) is 18.1 Å². The molecule has 1 saturated carbocycles. The van der Waals surface area contributed by atoms with E-state index in [1.165, 1.54) is 0 Å². The zero-order chi connectivity index (χ0) is 17.3. The van der Waals surface area contributed by atoms with E-state index in [4.69, 9.17) is 4.74 Å². The van der Waals surface area contributed by atoms with Crippen LogP contribution in [0.25, 0.3) is 0 Å². The third-order valence-corrected chi connectivity index (χ3v) is 3.71. The molecule has 0 unspecified atom stereocenters. The van der Waals surface area contributed by atoms with Crippen LogP contribution in [0.15, 0.2) is 36.4 Å². The van der Waals surface area contributed by atoms with Gasteiger partial charge in [0.25, 0.3) is 5.92 Å². The van der Waals surface area contributed by atoms with E-state index in [0.29, 0.717) is 18.9 Å². The highest BCUT2D eigenvalue weighted by Crippen LogP contribution is 2.50. The molecule has 24 heavy (non-hydrogen) atoms. The van der Waals surface area contributed by atoms with E-state index in [-0.39, 0.29) is 11.3 Å². The fourth-order valence-corrected chi connectivity index (χ4v) is 2.28. The van der Waals surface area contributed by atoms with Crippen molar-refractivity contribution in [1.82, 2.24) is 4.98 Å². The molecule has 0 aliphatic heterocycles. The summed E-state index contributed by atoms with van der Waals surface area (Å²) in [5.41, 5.74) is -1.36. The lowest BCUT2D eigenvalue weighted by molar-refractivity contribution is -0.0367. The largest absolute Gasteiger partial charge is 0.465 e. The number of halogens is 3. The van der Waals surface area contributed by atoms with Gasteiger partial charge in [0.15, 0.2) is 5.82 Å². The first-order valence-electron chi connectivity index (χ1n) is 7.33. The molecule has 0 N–H and O–H groups in total. The standard InChI is InChI=1S/C17H14F3NO3/c1-23-16(22)12-9-13(18)14(17(19,20)10-7-8-10)21-15(12)24-11-5-3-2-4-6-11/h2-6,9-10H,7-8H2,1H3. The predicted octanol–water partition coefficient (Wildman–Crippen LogP) is 4.30. The van der Waals surface area contributed by atoms with Crippen LogP contribution in [0.1, 0.15) is 28.9 Å². The molecule has 0 amide bonds. The minimum atomic E-state index is -3.41. The van der Waals surface area contributed by atoms with Crippen molar-refractivity contribution in [3.8, 4) is 11.6 Å². The molecule has 3 rings (SSSR count). The van der Waals surface area contributed by atoms with Gasteiger partial charge in [-0.2, -0.15) is 8.78 Å². The smallest absolute Gasteiger partial charge is 0.343 e. The van der Waals surface area contributed by atoms with Crippen molar-refractivity contribution in [2.45, 2.75) is 18.8 Å². The number of hydrogen-bond acceptors (Lipinski definition) is 4. The van der Waals surface area contributed by atoms with Gasteiger partial charge >= 0.3 is 5.97 Å². The van der Waals surface area contributed by atoms with Gasteiger partial charge in [-0.15, -0.1) is 0 Å². The molecule has 126 valence electrons. The minimum absolute atomic E-state index is 0.280. The van der Waals surface area contributed by atoms with E-state index in [9.17, 15) is 18.0 Å². The molecule has 1 heterocycles. The van der Waals surface area contributed by atoms with Crippen LogP contribution in [0.2, 0.25) is 0 Å². The minimum Gasteiger partial charge on any atom is -0.465 e. The lowest BCUT2D eigenvalue weighted by Gasteiger charge is -2.18. The predicted molar refractivity (Wildman–Crippen MR) is 78.7 cm³/mol. The maximum atomic E-state index is 14.3. The van der Waals surface area contributed by atoms with Crippen LogP contribution in [0.5, 0.6) is 11.6 Å². The second kappa shape index (κ2) is 6.14. The highest BCUT2D eigenvalue weighted by Gasteiger charge is 2.51. The first kappa shape index (κ1) is 16.3. The summed E-state index contributed by atoms with van der Waals surface area (Å²) in [5.74, 6) is -6.66. The van der Waals surface area contributed by atoms with E-state index in [1.54, 1.807) is 30.3 Å². The lowest BCUT2D eigenvalue weighted by Crippen LogP contribution is -2.21. The Hall–Kier alpha value is -2.57. The first-order valence-corrected chi connectivity index (χ1v) is 7.33. The van der Waals surface area contributed by atoms with Gasteiger partial charge in [-0.25, -0.2) is 14.2 Å². The Labute approximate surface area is 136 Å². The third-order valence-electron chi connectivity index (χ3n) is 3.71. The van der Waals surface area contributed by atoms with E-state index in [0.717, 1.165) is 7.11 Å². The van der Waals surface area contributed by atoms with Crippen LogP contribution in [0, 0.1) is 11.7 Å². The van der Waals surface area contributed by atoms with E-state index < -0.39 is 35.2 Å². The quantitative estimate of drug-likeness (QED) is 0.763. The Morgan fingerprint density at radius 1 is 1.25 bits per heavy atom. The Morgan fingerprint density at radius 3 is 2.50 bits per heavy atom. The topological polar surface area (TPSA) is 48.4 Å². The summed E-state index contributed by atoms with van der Waals surface area (Å²) in [7, 11) is 1.10. The summed E-state index contributed by atoms with van der Waals surface area (Å²) in [5, 5.41) is 0. The van der Waals surface area contributed by atoms with E-state index >= 15 is 0 Å². The fourth-order valence-electron chi connectivity index (χ4n) is 2.28. The molecular weight excluding hydrogens is 323 g/mol. The number of pyridine rings is 1. The van der Waals surface area contributed by atoms with Crippen molar-refractivity contribution in [3.05, 3.63) is 53.5 Å². The number of hydrogen-bond donors (Lipinski definition) is 0. The number of ether oxygens (including phenoxy) is 2. The zero-order valence-corrected chi connectivity index (χ0v) is 12.8. The fraction of sp³-hybridized carbons (Fsp3) is 0.294. The van der Waals surface area contributed by atoms with Crippen LogP contribution < -0.4 is 4.74 Å². The summed E-state index contributed by atoms with van der Waals surface area (Å²) >= 11 is 0. The number of carbonyl (C=O) groups excluding carboxylic acids is 1. The highest BCUT2D eigenvalue weighted by molar-refractivity contribution is 5.92. The number of methoxy groups -OCH3 is 1. The Morgan fingerprint density at radius 2 is 1.92 bits per heavy atom. The summed E-state index contributed by atoms with van der Waals surface area (Å²) in [4.78, 5) is 15.4. The molecule has 7 heteroatoms. The number of alkyl halides is 2. The average Bonchev–Trinajstić information content (AvgIpc) is 3.41. The normalized spacial score (nSPS) is 14.3. The van der Waals surface area contributed by atoms with Gasteiger partial charge in [0.1, 0.15) is 17.0 Å². The maximum Gasteiger partial charge on any atom is 0.343 e. The van der Waals surface area contributed by atoms with Gasteiger partial charge < -0.3 is 9.47 Å². The Bertz CT molecular complexity index is 761. The highest BCUT2D eigenvalue weighted by atomic mass is 19.3. The third kappa shape index (κ3) is 3.06. The zero-order valence-electron chi connectivity index (χ0n) is 12.8.